The minimum absolute atomic E-state index is 0.0906. The van der Waals surface area contributed by atoms with E-state index in [2.05, 4.69) is 10.2 Å². The number of nitrogens with zero attached hydrogens (tertiary/aromatic N) is 1. The first kappa shape index (κ1) is 22.6. The predicted octanol–water partition coefficient (Wildman–Crippen LogP) is 5.03. The Morgan fingerprint density at radius 3 is 2.44 bits per heavy atom. The van der Waals surface area contributed by atoms with Crippen molar-refractivity contribution in [2.75, 3.05) is 27.4 Å². The number of ether oxygens (including phenoxy) is 3. The highest BCUT2D eigenvalue weighted by molar-refractivity contribution is 7.80. The van der Waals surface area contributed by atoms with Gasteiger partial charge in [-0.3, -0.25) is 0 Å². The fraction of sp³-hybridized carbons (Fsp3) is 0.480. The Kier molecular flexibility index (Phi) is 7.35. The van der Waals surface area contributed by atoms with Crippen LogP contribution in [0.25, 0.3) is 0 Å². The number of halogens is 1. The first-order valence-corrected chi connectivity index (χ1v) is 11.7. The molecule has 1 N–H and O–H groups in total. The monoisotopic (exact) mass is 458 g/mol. The van der Waals surface area contributed by atoms with Crippen LogP contribution >= 0.6 is 12.2 Å². The van der Waals surface area contributed by atoms with E-state index in [1.54, 1.807) is 26.4 Å². The Morgan fingerprint density at radius 2 is 1.75 bits per heavy atom. The lowest BCUT2D eigenvalue weighted by Gasteiger charge is -2.40. The van der Waals surface area contributed by atoms with Gasteiger partial charge in [-0.15, -0.1) is 0 Å². The zero-order valence-electron chi connectivity index (χ0n) is 18.7. The van der Waals surface area contributed by atoms with Crippen molar-refractivity contribution in [3.8, 4) is 17.2 Å². The van der Waals surface area contributed by atoms with Crippen LogP contribution in [-0.4, -0.2) is 43.4 Å². The second-order valence-corrected chi connectivity index (χ2v) is 8.80. The van der Waals surface area contributed by atoms with Crippen molar-refractivity contribution in [1.82, 2.24) is 10.2 Å². The molecule has 1 aliphatic heterocycles. The molecule has 32 heavy (non-hydrogen) atoms. The maximum atomic E-state index is 13.3. The third-order valence-electron chi connectivity index (χ3n) is 6.42. The van der Waals surface area contributed by atoms with Gasteiger partial charge in [0.05, 0.1) is 20.3 Å². The Labute approximate surface area is 194 Å². The first-order chi connectivity index (χ1) is 15.6. The van der Waals surface area contributed by atoms with E-state index in [4.69, 9.17) is 26.4 Å². The summed E-state index contributed by atoms with van der Waals surface area (Å²) in [5.74, 6) is 1.76. The molecular weight excluding hydrogens is 427 g/mol. The highest BCUT2D eigenvalue weighted by Crippen LogP contribution is 2.38. The fourth-order valence-corrected chi connectivity index (χ4v) is 5.05. The van der Waals surface area contributed by atoms with Gasteiger partial charge in [-0.05, 0) is 79.0 Å². The third-order valence-corrected chi connectivity index (χ3v) is 6.77. The average molecular weight is 459 g/mol. The van der Waals surface area contributed by atoms with Crippen LogP contribution in [0.4, 0.5) is 4.39 Å². The van der Waals surface area contributed by atoms with E-state index >= 15 is 0 Å². The molecule has 172 valence electrons. The van der Waals surface area contributed by atoms with E-state index in [-0.39, 0.29) is 11.9 Å². The summed E-state index contributed by atoms with van der Waals surface area (Å²) in [6.45, 7) is 1.18. The van der Waals surface area contributed by atoms with E-state index in [0.717, 1.165) is 42.2 Å². The summed E-state index contributed by atoms with van der Waals surface area (Å²) in [6, 6.07) is 10.5. The molecule has 2 aliphatic rings. The van der Waals surface area contributed by atoms with Gasteiger partial charge in [0, 0.05) is 12.6 Å². The molecule has 1 heterocycles. The van der Waals surface area contributed by atoms with E-state index < -0.39 is 0 Å². The normalized spacial score (nSPS) is 18.6. The van der Waals surface area contributed by atoms with Gasteiger partial charge in [0.15, 0.2) is 16.6 Å². The summed E-state index contributed by atoms with van der Waals surface area (Å²) in [5, 5.41) is 4.37. The smallest absolute Gasteiger partial charge is 0.169 e. The summed E-state index contributed by atoms with van der Waals surface area (Å²) >= 11 is 5.87. The maximum Gasteiger partial charge on any atom is 0.169 e. The number of fused-ring (bicyclic) bond motifs is 1. The zero-order valence-corrected chi connectivity index (χ0v) is 19.6. The quantitative estimate of drug-likeness (QED) is 0.613. The second kappa shape index (κ2) is 10.4. The van der Waals surface area contributed by atoms with Crippen molar-refractivity contribution in [3.63, 3.8) is 0 Å². The van der Waals surface area contributed by atoms with Gasteiger partial charge < -0.3 is 24.4 Å². The molecule has 7 heteroatoms. The van der Waals surface area contributed by atoms with E-state index in [1.807, 2.05) is 12.1 Å². The summed E-state index contributed by atoms with van der Waals surface area (Å²) < 4.78 is 30.5. The van der Waals surface area contributed by atoms with Crippen molar-refractivity contribution in [3.05, 3.63) is 53.3 Å². The predicted molar refractivity (Wildman–Crippen MR) is 127 cm³/mol. The van der Waals surface area contributed by atoms with Gasteiger partial charge in [0.1, 0.15) is 18.2 Å². The van der Waals surface area contributed by atoms with Gasteiger partial charge in [0.25, 0.3) is 0 Å². The molecule has 0 bridgehead atoms. The largest absolute Gasteiger partial charge is 0.493 e. The van der Waals surface area contributed by atoms with Crippen LogP contribution < -0.4 is 19.5 Å². The standard InChI is InChI=1S/C25H31FN2O3S/c1-29-23-14-17-12-13-28(25(32)27-19-6-4-3-5-7-19)22(21(17)15-24(23)30-2)16-31-20-10-8-18(26)9-11-20/h8-11,14-15,19,22H,3-7,12-13,16H2,1-2H3,(H,27,32)/t22-/m1/s1. The molecule has 0 unspecified atom stereocenters. The molecule has 1 atom stereocenters. The van der Waals surface area contributed by atoms with Crippen LogP contribution in [0, 0.1) is 5.82 Å². The molecule has 2 aromatic rings. The summed E-state index contributed by atoms with van der Waals surface area (Å²) in [4.78, 5) is 2.22. The molecule has 2 aromatic carbocycles. The van der Waals surface area contributed by atoms with Crippen molar-refractivity contribution in [1.29, 1.82) is 0 Å². The number of benzene rings is 2. The van der Waals surface area contributed by atoms with Crippen LogP contribution in [0.2, 0.25) is 0 Å². The summed E-state index contributed by atoms with van der Waals surface area (Å²) in [6.07, 6.45) is 6.97. The Bertz CT molecular complexity index is 932. The lowest BCUT2D eigenvalue weighted by Crippen LogP contribution is -2.50. The van der Waals surface area contributed by atoms with E-state index in [9.17, 15) is 4.39 Å². The number of thiocarbonyl (C=S) groups is 1. The number of hydrogen-bond acceptors (Lipinski definition) is 4. The molecular formula is C25H31FN2O3S. The van der Waals surface area contributed by atoms with E-state index in [0.29, 0.717) is 24.1 Å². The van der Waals surface area contributed by atoms with Gasteiger partial charge in [-0.25, -0.2) is 4.39 Å². The van der Waals surface area contributed by atoms with Crippen LogP contribution in [0.5, 0.6) is 17.2 Å². The lowest BCUT2D eigenvalue weighted by atomic mass is 9.92. The topological polar surface area (TPSA) is 43.0 Å². The number of methoxy groups -OCH3 is 2. The van der Waals surface area contributed by atoms with Gasteiger partial charge in [-0.2, -0.15) is 0 Å². The molecule has 1 fully saturated rings. The molecule has 0 amide bonds. The summed E-state index contributed by atoms with van der Waals surface area (Å²) in [7, 11) is 3.29. The highest BCUT2D eigenvalue weighted by atomic mass is 32.1. The zero-order chi connectivity index (χ0) is 22.5. The third kappa shape index (κ3) is 5.09. The van der Waals surface area contributed by atoms with Crippen molar-refractivity contribution >= 4 is 17.3 Å². The molecule has 0 aromatic heterocycles. The molecule has 0 saturated heterocycles. The maximum absolute atomic E-state index is 13.3. The first-order valence-electron chi connectivity index (χ1n) is 11.3. The molecule has 0 radical (unpaired) electrons. The molecule has 5 nitrogen and oxygen atoms in total. The lowest BCUT2D eigenvalue weighted by molar-refractivity contribution is 0.185. The van der Waals surface area contributed by atoms with Crippen LogP contribution in [0.1, 0.15) is 49.3 Å². The highest BCUT2D eigenvalue weighted by Gasteiger charge is 2.32. The molecule has 0 spiro atoms. The SMILES string of the molecule is COc1cc2c(cc1OC)[C@@H](COc1ccc(F)cc1)N(C(=S)NC1CCCCC1)CC2. The minimum Gasteiger partial charge on any atom is -0.493 e. The van der Waals surface area contributed by atoms with Gasteiger partial charge in [0.2, 0.25) is 0 Å². The second-order valence-electron chi connectivity index (χ2n) is 8.41. The fourth-order valence-electron chi connectivity index (χ4n) is 4.66. The van der Waals surface area contributed by atoms with Gasteiger partial charge in [-0.1, -0.05) is 19.3 Å². The Hall–Kier alpha value is -2.54. The van der Waals surface area contributed by atoms with Crippen molar-refractivity contribution in [2.45, 2.75) is 50.6 Å². The van der Waals surface area contributed by atoms with Crippen molar-refractivity contribution < 1.29 is 18.6 Å². The Morgan fingerprint density at radius 1 is 1.06 bits per heavy atom. The van der Waals surface area contributed by atoms with Gasteiger partial charge >= 0.3 is 0 Å². The van der Waals surface area contributed by atoms with Crippen LogP contribution in [-0.2, 0) is 6.42 Å². The summed E-state index contributed by atoms with van der Waals surface area (Å²) in [5.41, 5.74) is 2.32. The number of nitrogens with one attached hydrogen (secondary N) is 1. The number of rotatable bonds is 6. The molecule has 4 rings (SSSR count). The minimum atomic E-state index is -0.281. The Balaban J connectivity index is 1.59. The van der Waals surface area contributed by atoms with Crippen LogP contribution in [0.3, 0.4) is 0 Å². The van der Waals surface area contributed by atoms with Crippen LogP contribution in [0.15, 0.2) is 36.4 Å². The van der Waals surface area contributed by atoms with Crippen molar-refractivity contribution in [2.24, 2.45) is 0 Å². The molecule has 1 saturated carbocycles. The molecule has 1 aliphatic carbocycles. The average Bonchev–Trinajstić information content (AvgIpc) is 2.83. The number of hydrogen-bond donors (Lipinski definition) is 1. The van der Waals surface area contributed by atoms with E-state index in [1.165, 1.54) is 37.0 Å².